The van der Waals surface area contributed by atoms with Gasteiger partial charge in [-0.2, -0.15) is 0 Å². The Morgan fingerprint density at radius 3 is 3.05 bits per heavy atom. The second-order valence-corrected chi connectivity index (χ2v) is 4.94. The number of carbonyl (C=O) groups excluding carboxylic acids is 1. The molecule has 0 unspecified atom stereocenters. The van der Waals surface area contributed by atoms with E-state index in [-0.39, 0.29) is 25.0 Å². The van der Waals surface area contributed by atoms with Crippen LogP contribution in [0.15, 0.2) is 37.1 Å². The molecule has 0 aliphatic carbocycles. The lowest BCUT2D eigenvalue weighted by Crippen LogP contribution is -2.42. The van der Waals surface area contributed by atoms with Gasteiger partial charge in [0.2, 0.25) is 0 Å². The van der Waals surface area contributed by atoms with Crippen molar-refractivity contribution in [3.05, 3.63) is 48.4 Å². The van der Waals surface area contributed by atoms with Crippen molar-refractivity contribution in [1.29, 1.82) is 0 Å². The summed E-state index contributed by atoms with van der Waals surface area (Å²) in [6, 6.07) is 4.36. The Morgan fingerprint density at radius 2 is 2.32 bits per heavy atom. The number of nitrogens with one attached hydrogen (secondary N) is 2. The number of aromatic amines is 1. The molecular weight excluding hydrogens is 285 g/mol. The topological polar surface area (TPSA) is 68.4 Å². The van der Waals surface area contributed by atoms with Gasteiger partial charge in [-0.25, -0.2) is 9.18 Å². The zero-order valence-electron chi connectivity index (χ0n) is 12.3. The normalized spacial score (nSPS) is 10.6. The van der Waals surface area contributed by atoms with Crippen molar-refractivity contribution in [3.63, 3.8) is 0 Å². The van der Waals surface area contributed by atoms with Crippen LogP contribution >= 0.6 is 0 Å². The fourth-order valence-corrected chi connectivity index (χ4v) is 2.33. The first kappa shape index (κ1) is 16.0. The Hall–Kier alpha value is -2.34. The van der Waals surface area contributed by atoms with Gasteiger partial charge >= 0.3 is 6.03 Å². The van der Waals surface area contributed by atoms with Gasteiger partial charge in [-0.05, 0) is 30.2 Å². The van der Waals surface area contributed by atoms with Crippen molar-refractivity contribution in [2.75, 3.05) is 26.2 Å². The molecule has 2 aromatic rings. The summed E-state index contributed by atoms with van der Waals surface area (Å²) in [5.74, 6) is -0.279. The molecular formula is C16H20FN3O2. The molecule has 2 amide bonds. The minimum absolute atomic E-state index is 0.0880. The van der Waals surface area contributed by atoms with Crippen LogP contribution in [0.2, 0.25) is 0 Å². The number of aliphatic hydroxyl groups is 1. The predicted octanol–water partition coefficient (Wildman–Crippen LogP) is 2.04. The molecule has 0 saturated carbocycles. The Labute approximate surface area is 128 Å². The van der Waals surface area contributed by atoms with E-state index >= 15 is 0 Å². The number of hydrogen-bond acceptors (Lipinski definition) is 2. The van der Waals surface area contributed by atoms with Gasteiger partial charge in [0.25, 0.3) is 0 Å². The maximum Gasteiger partial charge on any atom is 0.317 e. The predicted molar refractivity (Wildman–Crippen MR) is 84.2 cm³/mol. The number of urea groups is 1. The van der Waals surface area contributed by atoms with Crippen LogP contribution in [0.5, 0.6) is 0 Å². The van der Waals surface area contributed by atoms with Crippen LogP contribution < -0.4 is 5.32 Å². The monoisotopic (exact) mass is 305 g/mol. The number of halogens is 1. The molecule has 0 spiro atoms. The summed E-state index contributed by atoms with van der Waals surface area (Å²) in [4.78, 5) is 16.5. The van der Waals surface area contributed by atoms with Gasteiger partial charge in [0.15, 0.2) is 0 Å². The van der Waals surface area contributed by atoms with Crippen molar-refractivity contribution in [2.45, 2.75) is 6.42 Å². The molecule has 118 valence electrons. The molecule has 1 aromatic heterocycles. The molecule has 0 saturated heterocycles. The summed E-state index contributed by atoms with van der Waals surface area (Å²) in [5, 5.41) is 12.7. The van der Waals surface area contributed by atoms with E-state index in [1.54, 1.807) is 12.1 Å². The van der Waals surface area contributed by atoms with Gasteiger partial charge in [0.05, 0.1) is 6.61 Å². The van der Waals surface area contributed by atoms with Crippen LogP contribution in [0.1, 0.15) is 5.56 Å². The summed E-state index contributed by atoms with van der Waals surface area (Å²) < 4.78 is 13.1. The van der Waals surface area contributed by atoms with Crippen molar-refractivity contribution in [1.82, 2.24) is 15.2 Å². The summed E-state index contributed by atoms with van der Waals surface area (Å²) in [7, 11) is 0. The quantitative estimate of drug-likeness (QED) is 0.685. The zero-order valence-corrected chi connectivity index (χ0v) is 12.3. The highest BCUT2D eigenvalue weighted by Crippen LogP contribution is 2.19. The number of carbonyl (C=O) groups is 1. The molecule has 0 radical (unpaired) electrons. The number of fused-ring (bicyclic) bond motifs is 1. The summed E-state index contributed by atoms with van der Waals surface area (Å²) in [6.45, 7) is 4.62. The highest BCUT2D eigenvalue weighted by atomic mass is 19.1. The third-order valence-corrected chi connectivity index (χ3v) is 3.41. The maximum absolute atomic E-state index is 13.1. The number of benzene rings is 1. The molecule has 1 aromatic carbocycles. The first-order valence-corrected chi connectivity index (χ1v) is 7.15. The van der Waals surface area contributed by atoms with Gasteiger partial charge in [-0.15, -0.1) is 6.58 Å². The van der Waals surface area contributed by atoms with E-state index in [0.29, 0.717) is 19.5 Å². The molecule has 3 N–H and O–H groups in total. The van der Waals surface area contributed by atoms with Gasteiger partial charge < -0.3 is 20.3 Å². The van der Waals surface area contributed by atoms with E-state index in [1.165, 1.54) is 17.0 Å². The molecule has 0 aliphatic heterocycles. The molecule has 5 nitrogen and oxygen atoms in total. The van der Waals surface area contributed by atoms with E-state index < -0.39 is 0 Å². The number of amides is 2. The largest absolute Gasteiger partial charge is 0.395 e. The SMILES string of the molecule is C=CCN(CCO)C(=O)NCCc1c[nH]c2cc(F)ccc12. The van der Waals surface area contributed by atoms with E-state index in [4.69, 9.17) is 5.11 Å². The minimum atomic E-state index is -0.279. The van der Waals surface area contributed by atoms with Crippen LogP contribution in [0.25, 0.3) is 10.9 Å². The van der Waals surface area contributed by atoms with Gasteiger partial charge in [0.1, 0.15) is 5.82 Å². The van der Waals surface area contributed by atoms with Crippen LogP contribution in [0.3, 0.4) is 0 Å². The van der Waals surface area contributed by atoms with Gasteiger partial charge in [0, 0.05) is 36.7 Å². The summed E-state index contributed by atoms with van der Waals surface area (Å²) in [6.07, 6.45) is 4.08. The smallest absolute Gasteiger partial charge is 0.317 e. The average molecular weight is 305 g/mol. The second kappa shape index (κ2) is 7.61. The Kier molecular flexibility index (Phi) is 5.55. The molecule has 6 heteroatoms. The highest BCUT2D eigenvalue weighted by molar-refractivity contribution is 5.83. The second-order valence-electron chi connectivity index (χ2n) is 4.94. The van der Waals surface area contributed by atoms with Crippen LogP contribution in [0, 0.1) is 5.82 Å². The highest BCUT2D eigenvalue weighted by Gasteiger charge is 2.11. The van der Waals surface area contributed by atoms with Crippen molar-refractivity contribution < 1.29 is 14.3 Å². The summed E-state index contributed by atoms with van der Waals surface area (Å²) in [5.41, 5.74) is 1.77. The minimum Gasteiger partial charge on any atom is -0.395 e. The number of aromatic nitrogens is 1. The standard InChI is InChI=1S/C16H20FN3O2/c1-2-7-20(8-9-21)16(22)18-6-5-12-11-19-15-10-13(17)3-4-14(12)15/h2-4,10-11,19,21H,1,5-9H2,(H,18,22). The van der Waals surface area contributed by atoms with Gasteiger partial charge in [-0.3, -0.25) is 0 Å². The maximum atomic E-state index is 13.1. The Bertz CT molecular complexity index is 654. The molecule has 1 heterocycles. The number of nitrogens with zero attached hydrogens (tertiary/aromatic N) is 1. The number of hydrogen-bond donors (Lipinski definition) is 3. The lowest BCUT2D eigenvalue weighted by Gasteiger charge is -2.20. The van der Waals surface area contributed by atoms with Crippen LogP contribution in [-0.4, -0.2) is 47.3 Å². The molecule has 0 bridgehead atoms. The first-order chi connectivity index (χ1) is 10.7. The molecule has 0 atom stereocenters. The number of aliphatic hydroxyl groups excluding tert-OH is 1. The van der Waals surface area contributed by atoms with Crippen molar-refractivity contribution >= 4 is 16.9 Å². The third-order valence-electron chi connectivity index (χ3n) is 3.41. The fraction of sp³-hybridized carbons (Fsp3) is 0.312. The molecule has 0 fully saturated rings. The molecule has 2 rings (SSSR count). The number of rotatable bonds is 7. The van der Waals surface area contributed by atoms with Crippen molar-refractivity contribution in [3.8, 4) is 0 Å². The fourth-order valence-electron chi connectivity index (χ4n) is 2.33. The Balaban J connectivity index is 1.91. The van der Waals surface area contributed by atoms with E-state index in [1.807, 2.05) is 6.20 Å². The third kappa shape index (κ3) is 3.85. The lowest BCUT2D eigenvalue weighted by molar-refractivity contribution is 0.184. The Morgan fingerprint density at radius 1 is 1.50 bits per heavy atom. The number of H-pyrrole nitrogens is 1. The van der Waals surface area contributed by atoms with Gasteiger partial charge in [-0.1, -0.05) is 6.08 Å². The van der Waals surface area contributed by atoms with E-state index in [2.05, 4.69) is 16.9 Å². The van der Waals surface area contributed by atoms with E-state index in [9.17, 15) is 9.18 Å². The van der Waals surface area contributed by atoms with Crippen LogP contribution in [-0.2, 0) is 6.42 Å². The van der Waals surface area contributed by atoms with Crippen molar-refractivity contribution in [2.24, 2.45) is 0 Å². The van der Waals surface area contributed by atoms with Crippen LogP contribution in [0.4, 0.5) is 9.18 Å². The zero-order chi connectivity index (χ0) is 15.9. The molecule has 0 aliphatic rings. The molecule has 22 heavy (non-hydrogen) atoms. The average Bonchev–Trinajstić information content (AvgIpc) is 2.89. The van der Waals surface area contributed by atoms with E-state index in [0.717, 1.165) is 16.5 Å². The summed E-state index contributed by atoms with van der Waals surface area (Å²) >= 11 is 0. The lowest BCUT2D eigenvalue weighted by atomic mass is 10.1. The first-order valence-electron chi connectivity index (χ1n) is 7.15.